The van der Waals surface area contributed by atoms with Crippen molar-refractivity contribution >= 4 is 63.3 Å². The van der Waals surface area contributed by atoms with E-state index in [4.69, 9.17) is 0 Å². The van der Waals surface area contributed by atoms with Gasteiger partial charge in [0.05, 0.1) is 29.9 Å². The molecule has 2 aliphatic heterocycles. The third kappa shape index (κ3) is 12.9. The van der Waals surface area contributed by atoms with Crippen molar-refractivity contribution in [1.82, 2.24) is 51.3 Å². The first-order valence-electron chi connectivity index (χ1n) is 25.6. The highest BCUT2D eigenvalue weighted by Crippen LogP contribution is 2.50. The van der Waals surface area contributed by atoms with Crippen LogP contribution in [0.2, 0.25) is 0 Å². The molecule has 3 fully saturated rings. The second-order valence-corrected chi connectivity index (χ2v) is 19.7. The molecular formula is C54H67FN10O7. The van der Waals surface area contributed by atoms with Gasteiger partial charge in [-0.15, -0.1) is 0 Å². The molecule has 2 unspecified atom stereocenters. The lowest BCUT2D eigenvalue weighted by atomic mass is 9.98. The minimum atomic E-state index is -1.16. The van der Waals surface area contributed by atoms with E-state index in [1.807, 2.05) is 60.5 Å². The number of nitrogens with one attached hydrogen (secondary N) is 7. The van der Waals surface area contributed by atoms with Crippen molar-refractivity contribution in [2.75, 3.05) is 19.6 Å². The first-order valence-corrected chi connectivity index (χ1v) is 25.6. The van der Waals surface area contributed by atoms with E-state index in [1.54, 1.807) is 30.9 Å². The Morgan fingerprint density at radius 1 is 0.792 bits per heavy atom. The number of hydrogen-bond donors (Lipinski definition) is 7. The second kappa shape index (κ2) is 23.4. The molecule has 2 aromatic heterocycles. The Bertz CT molecular complexity index is 2770. The molecule has 5 aromatic rings. The van der Waals surface area contributed by atoms with Crippen molar-refractivity contribution in [3.8, 4) is 0 Å². The lowest BCUT2D eigenvalue weighted by Gasteiger charge is -2.36. The summed E-state index contributed by atoms with van der Waals surface area (Å²) < 4.78 is 14.5. The average Bonchev–Trinajstić information content (AvgIpc) is 3.78. The van der Waals surface area contributed by atoms with Crippen LogP contribution in [0.25, 0.3) is 21.9 Å². The van der Waals surface area contributed by atoms with Crippen LogP contribution in [0.1, 0.15) is 126 Å². The number of likely N-dealkylation sites (tertiary alicyclic amines) is 2. The lowest BCUT2D eigenvalue weighted by Crippen LogP contribution is -2.54. The monoisotopic (exact) mass is 987 g/mol. The van der Waals surface area contributed by atoms with Crippen LogP contribution in [0.4, 0.5) is 4.39 Å². The number of piperidine rings is 1. The molecule has 7 atom stereocenters. The van der Waals surface area contributed by atoms with Crippen molar-refractivity contribution in [1.29, 1.82) is 0 Å². The summed E-state index contributed by atoms with van der Waals surface area (Å²) in [4.78, 5) is 109. The normalized spacial score (nSPS) is 19.2. The number of para-hydroxylation sites is 1. The first kappa shape index (κ1) is 51.3. The number of aromatic nitrogens is 3. The number of hydrogen-bond acceptors (Lipinski definition) is 8. The van der Waals surface area contributed by atoms with E-state index in [0.29, 0.717) is 43.8 Å². The number of benzene rings is 3. The van der Waals surface area contributed by atoms with Gasteiger partial charge in [0.1, 0.15) is 29.5 Å². The quantitative estimate of drug-likeness (QED) is 0.0497. The van der Waals surface area contributed by atoms with Gasteiger partial charge < -0.3 is 46.4 Å². The van der Waals surface area contributed by atoms with Gasteiger partial charge in [-0.05, 0) is 123 Å². The predicted molar refractivity (Wildman–Crippen MR) is 269 cm³/mol. The number of aryl methyl sites for hydroxylation is 1. The largest absolute Gasteiger partial charge is 0.361 e. The molecule has 3 aromatic carbocycles. The fourth-order valence-electron chi connectivity index (χ4n) is 10.2. The van der Waals surface area contributed by atoms with Gasteiger partial charge in [-0.25, -0.2) is 9.37 Å². The van der Waals surface area contributed by atoms with Crippen LogP contribution in [0, 0.1) is 11.7 Å². The standard InChI is InChI=1S/C54H67FN10O7/c1-4-39-15-8-9-24-65(39)48(69)30-44(53(71)58-32(2)51-62-42-17-12-16-41(55)50(42)63-51)61-46(67)28-37-27-40(37)36-25-35-20-21-56-49(35)38(26-36)31-57-52(70)33(3)59-54(72)43(29-47(68)64-22-10-11-23-64)60-45(66)19-18-34-13-6-5-7-14-34/h5-7,12-14,16-17,20-21,25-26,32-33,37,39-40,43-44,56H,4,8-11,15,18-19,22-24,27-31H2,1-3H3,(H,57,70)(H,58,71)(H,59,72)(H,60,66)(H,61,67)(H,62,63)/t32-,33-,37?,39-,40?,43-,44-/m0/s1. The van der Waals surface area contributed by atoms with Crippen LogP contribution >= 0.6 is 0 Å². The molecule has 7 N–H and O–H groups in total. The SMILES string of the molecule is CC[C@H]1CCCCN1C(=O)C[C@H](NC(=O)CC1CC1c1cc(CNC(=O)[C@H](C)NC(=O)[C@H](CC(=O)N2CCCC2)NC(=O)CCc2ccccc2)c2[nH]ccc2c1)C(=O)N[C@@H](C)c1nc2c(F)cccc2[nH]1. The zero-order valence-corrected chi connectivity index (χ0v) is 41.4. The maximum atomic E-state index is 14.5. The van der Waals surface area contributed by atoms with Crippen LogP contribution in [0.5, 0.6) is 0 Å². The summed E-state index contributed by atoms with van der Waals surface area (Å²) in [7, 11) is 0. The van der Waals surface area contributed by atoms with Gasteiger partial charge in [-0.3, -0.25) is 33.6 Å². The topological polar surface area (TPSA) is 231 Å². The summed E-state index contributed by atoms with van der Waals surface area (Å²) in [6.07, 6.45) is 8.13. The van der Waals surface area contributed by atoms with Crippen molar-refractivity contribution in [3.63, 3.8) is 0 Å². The van der Waals surface area contributed by atoms with Gasteiger partial charge in [-0.2, -0.15) is 0 Å². The number of halogens is 1. The van der Waals surface area contributed by atoms with E-state index in [1.165, 1.54) is 6.07 Å². The second-order valence-electron chi connectivity index (χ2n) is 19.7. The van der Waals surface area contributed by atoms with Crippen molar-refractivity contribution in [3.05, 3.63) is 101 Å². The molecular weight excluding hydrogens is 920 g/mol. The van der Waals surface area contributed by atoms with Gasteiger partial charge >= 0.3 is 0 Å². The van der Waals surface area contributed by atoms with E-state index in [-0.39, 0.29) is 79.3 Å². The van der Waals surface area contributed by atoms with Gasteiger partial charge in [-0.1, -0.05) is 49.4 Å². The van der Waals surface area contributed by atoms with Crippen LogP contribution in [0.15, 0.2) is 72.9 Å². The van der Waals surface area contributed by atoms with Crippen LogP contribution in [-0.2, 0) is 46.5 Å². The highest BCUT2D eigenvalue weighted by molar-refractivity contribution is 5.95. The number of carbonyl (C=O) groups is 7. The third-order valence-corrected chi connectivity index (χ3v) is 14.4. The molecule has 4 heterocycles. The molecule has 0 radical (unpaired) electrons. The first-order chi connectivity index (χ1) is 34.7. The lowest BCUT2D eigenvalue weighted by molar-refractivity contribution is -0.139. The van der Waals surface area contributed by atoms with E-state index in [9.17, 15) is 38.0 Å². The molecule has 0 spiro atoms. The Morgan fingerprint density at radius 2 is 1.51 bits per heavy atom. The summed E-state index contributed by atoms with van der Waals surface area (Å²) in [5.74, 6) is -2.98. The minimum absolute atomic E-state index is 0.0203. The van der Waals surface area contributed by atoms with Gasteiger partial charge in [0.2, 0.25) is 41.4 Å². The number of aromatic amines is 2. The van der Waals surface area contributed by atoms with E-state index < -0.39 is 47.7 Å². The van der Waals surface area contributed by atoms with Crippen molar-refractivity contribution in [2.45, 2.75) is 140 Å². The van der Waals surface area contributed by atoms with Crippen LogP contribution in [0.3, 0.4) is 0 Å². The number of fused-ring (bicyclic) bond motifs is 2. The molecule has 72 heavy (non-hydrogen) atoms. The summed E-state index contributed by atoms with van der Waals surface area (Å²) in [5.41, 5.74) is 4.21. The molecule has 2 saturated heterocycles. The van der Waals surface area contributed by atoms with Gasteiger partial charge in [0.15, 0.2) is 5.82 Å². The number of nitrogens with zero attached hydrogens (tertiary/aromatic N) is 3. The summed E-state index contributed by atoms with van der Waals surface area (Å²) in [6.45, 7) is 7.20. The third-order valence-electron chi connectivity index (χ3n) is 14.4. The van der Waals surface area contributed by atoms with Crippen molar-refractivity contribution < 1.29 is 38.0 Å². The highest BCUT2D eigenvalue weighted by Gasteiger charge is 2.41. The maximum Gasteiger partial charge on any atom is 0.243 e. The van der Waals surface area contributed by atoms with Crippen molar-refractivity contribution in [2.24, 2.45) is 5.92 Å². The number of rotatable bonds is 21. The van der Waals surface area contributed by atoms with E-state index >= 15 is 0 Å². The molecule has 1 saturated carbocycles. The number of imidazole rings is 1. The molecule has 7 amide bonds. The molecule has 3 aliphatic rings. The number of amides is 7. The Balaban J connectivity index is 0.879. The fraction of sp³-hybridized carbons (Fsp3) is 0.481. The van der Waals surface area contributed by atoms with Crippen LogP contribution < -0.4 is 26.6 Å². The minimum Gasteiger partial charge on any atom is -0.361 e. The number of H-pyrrole nitrogens is 2. The molecule has 0 bridgehead atoms. The molecule has 1 aliphatic carbocycles. The maximum absolute atomic E-state index is 14.5. The van der Waals surface area contributed by atoms with E-state index in [0.717, 1.165) is 66.1 Å². The Morgan fingerprint density at radius 3 is 2.26 bits per heavy atom. The smallest absolute Gasteiger partial charge is 0.243 e. The highest BCUT2D eigenvalue weighted by atomic mass is 19.1. The Labute approximate surface area is 418 Å². The Kier molecular flexibility index (Phi) is 16.7. The summed E-state index contributed by atoms with van der Waals surface area (Å²) >= 11 is 0. The Hall–Kier alpha value is -7.11. The van der Waals surface area contributed by atoms with Gasteiger partial charge in [0.25, 0.3) is 0 Å². The summed E-state index contributed by atoms with van der Waals surface area (Å²) in [6, 6.07) is 16.1. The predicted octanol–water partition coefficient (Wildman–Crippen LogP) is 5.47. The molecule has 18 heteroatoms. The molecule has 382 valence electrons. The zero-order valence-electron chi connectivity index (χ0n) is 41.4. The summed E-state index contributed by atoms with van der Waals surface area (Å²) in [5, 5.41) is 15.1. The van der Waals surface area contributed by atoms with Crippen LogP contribution in [-0.4, -0.2) is 110 Å². The average molecular weight is 987 g/mol. The fourth-order valence-corrected chi connectivity index (χ4v) is 10.2. The number of carbonyl (C=O) groups excluding carboxylic acids is 7. The van der Waals surface area contributed by atoms with Gasteiger partial charge in [0, 0.05) is 51.3 Å². The molecule has 17 nitrogen and oxygen atoms in total. The van der Waals surface area contributed by atoms with E-state index in [2.05, 4.69) is 47.6 Å². The zero-order chi connectivity index (χ0) is 50.9. The molecule has 8 rings (SSSR count).